The summed E-state index contributed by atoms with van der Waals surface area (Å²) in [6, 6.07) is 2.05. The third kappa shape index (κ3) is 3.06. The normalized spacial score (nSPS) is 15.2. The second kappa shape index (κ2) is 7.14. The minimum atomic E-state index is -0.674. The van der Waals surface area contributed by atoms with Crippen LogP contribution in [0.3, 0.4) is 0 Å². The fourth-order valence-corrected chi connectivity index (χ4v) is 3.82. The van der Waals surface area contributed by atoms with Crippen molar-refractivity contribution >= 4 is 17.6 Å². The Hall–Kier alpha value is -3.09. The Balaban J connectivity index is 1.68. The van der Waals surface area contributed by atoms with Gasteiger partial charge in [-0.2, -0.15) is 0 Å². The third-order valence-electron chi connectivity index (χ3n) is 5.28. The minimum absolute atomic E-state index is 0.496. The van der Waals surface area contributed by atoms with Gasteiger partial charge in [-0.15, -0.1) is 0 Å². The molecule has 0 fully saturated rings. The summed E-state index contributed by atoms with van der Waals surface area (Å²) in [6.45, 7) is 7.12. The summed E-state index contributed by atoms with van der Waals surface area (Å²) in [6.07, 6.45) is 9.62. The van der Waals surface area contributed by atoms with Crippen LogP contribution in [0.2, 0.25) is 0 Å². The molecule has 0 saturated carbocycles. The van der Waals surface area contributed by atoms with Crippen molar-refractivity contribution in [2.24, 2.45) is 0 Å². The average molecular weight is 377 g/mol. The highest BCUT2D eigenvalue weighted by atomic mass is 16.5. The molecule has 0 saturated heterocycles. The van der Waals surface area contributed by atoms with Crippen molar-refractivity contribution in [3.8, 4) is 0 Å². The molecule has 0 aromatic carbocycles. The van der Waals surface area contributed by atoms with Gasteiger partial charge in [0.2, 0.25) is 0 Å². The van der Waals surface area contributed by atoms with Gasteiger partial charge in [0, 0.05) is 42.9 Å². The van der Waals surface area contributed by atoms with E-state index < -0.39 is 5.60 Å². The number of aryl methyl sites for hydroxylation is 3. The lowest BCUT2D eigenvalue weighted by Crippen LogP contribution is -2.26. The van der Waals surface area contributed by atoms with Crippen molar-refractivity contribution in [3.63, 3.8) is 0 Å². The number of pyridine rings is 1. The standard InChI is InChI=1S/C21H23N5O2/c1-4-18-25-19-14(2)9-15(3)24-20(19)26(18)12-17-22-10-16(11-23-17)21(28-13-27)7-5-6-8-21/h5-6,9-11,13H,4,7-8,12H2,1-3H3. The predicted octanol–water partition coefficient (Wildman–Crippen LogP) is 3.17. The molecule has 0 amide bonds. The summed E-state index contributed by atoms with van der Waals surface area (Å²) in [5.74, 6) is 1.63. The molecule has 144 valence electrons. The predicted molar refractivity (Wildman–Crippen MR) is 105 cm³/mol. The molecule has 4 rings (SSSR count). The number of ether oxygens (including phenoxy) is 1. The lowest BCUT2D eigenvalue weighted by molar-refractivity contribution is -0.143. The Bertz CT molecular complexity index is 1040. The zero-order valence-electron chi connectivity index (χ0n) is 16.3. The monoisotopic (exact) mass is 377 g/mol. The van der Waals surface area contributed by atoms with Crippen molar-refractivity contribution in [1.29, 1.82) is 0 Å². The van der Waals surface area contributed by atoms with Gasteiger partial charge in [0.25, 0.3) is 6.47 Å². The van der Waals surface area contributed by atoms with Gasteiger partial charge in [-0.05, 0) is 25.5 Å². The summed E-state index contributed by atoms with van der Waals surface area (Å²) in [4.78, 5) is 29.5. The van der Waals surface area contributed by atoms with Gasteiger partial charge in [-0.3, -0.25) is 4.79 Å². The Morgan fingerprint density at radius 2 is 1.89 bits per heavy atom. The van der Waals surface area contributed by atoms with Crippen LogP contribution < -0.4 is 0 Å². The van der Waals surface area contributed by atoms with E-state index in [1.54, 1.807) is 12.4 Å². The number of carbonyl (C=O) groups excluding carboxylic acids is 1. The van der Waals surface area contributed by atoms with E-state index in [1.165, 1.54) is 0 Å². The van der Waals surface area contributed by atoms with Crippen molar-refractivity contribution in [2.75, 3.05) is 0 Å². The smallest absolute Gasteiger partial charge is 0.293 e. The molecule has 28 heavy (non-hydrogen) atoms. The van der Waals surface area contributed by atoms with Crippen LogP contribution >= 0.6 is 0 Å². The molecule has 0 spiro atoms. The van der Waals surface area contributed by atoms with Crippen molar-refractivity contribution in [1.82, 2.24) is 24.5 Å². The molecule has 3 aromatic heterocycles. The van der Waals surface area contributed by atoms with Crippen LogP contribution in [0.25, 0.3) is 11.2 Å². The molecule has 1 aliphatic rings. The summed E-state index contributed by atoms with van der Waals surface area (Å²) < 4.78 is 7.48. The lowest BCUT2D eigenvalue weighted by atomic mass is 9.93. The van der Waals surface area contributed by atoms with Gasteiger partial charge >= 0.3 is 0 Å². The van der Waals surface area contributed by atoms with E-state index in [9.17, 15) is 4.79 Å². The largest absolute Gasteiger partial charge is 0.456 e. The number of imidazole rings is 1. The third-order valence-corrected chi connectivity index (χ3v) is 5.28. The highest BCUT2D eigenvalue weighted by Crippen LogP contribution is 2.37. The Labute approximate surface area is 163 Å². The number of hydrogen-bond acceptors (Lipinski definition) is 6. The number of rotatable bonds is 6. The Morgan fingerprint density at radius 3 is 2.54 bits per heavy atom. The van der Waals surface area contributed by atoms with E-state index >= 15 is 0 Å². The maximum atomic E-state index is 11.0. The first-order valence-corrected chi connectivity index (χ1v) is 9.47. The SMILES string of the molecule is CCc1nc2c(C)cc(C)nc2n1Cc1ncc(C2(OC=O)CC=CC2)cn1. The maximum Gasteiger partial charge on any atom is 0.293 e. The van der Waals surface area contributed by atoms with Crippen LogP contribution in [0.15, 0.2) is 30.6 Å². The molecule has 3 heterocycles. The number of hydrogen-bond donors (Lipinski definition) is 0. The molecule has 3 aromatic rings. The highest BCUT2D eigenvalue weighted by Gasteiger charge is 2.35. The van der Waals surface area contributed by atoms with E-state index in [0.717, 1.165) is 40.2 Å². The zero-order chi connectivity index (χ0) is 19.7. The Morgan fingerprint density at radius 1 is 1.18 bits per heavy atom. The molecular formula is C21H23N5O2. The van der Waals surface area contributed by atoms with E-state index in [2.05, 4.69) is 28.4 Å². The van der Waals surface area contributed by atoms with Crippen LogP contribution in [-0.2, 0) is 28.1 Å². The van der Waals surface area contributed by atoms with E-state index in [0.29, 0.717) is 31.7 Å². The van der Waals surface area contributed by atoms with Crippen LogP contribution in [-0.4, -0.2) is 31.0 Å². The van der Waals surface area contributed by atoms with Gasteiger partial charge in [-0.25, -0.2) is 19.9 Å². The molecule has 1 aliphatic carbocycles. The number of aromatic nitrogens is 5. The summed E-state index contributed by atoms with van der Waals surface area (Å²) in [5.41, 5.74) is 4.01. The molecule has 0 bridgehead atoms. The topological polar surface area (TPSA) is 82.8 Å². The van der Waals surface area contributed by atoms with Crippen LogP contribution in [0.5, 0.6) is 0 Å². The van der Waals surface area contributed by atoms with E-state index in [1.807, 2.05) is 25.1 Å². The van der Waals surface area contributed by atoms with Crippen LogP contribution in [0.4, 0.5) is 0 Å². The maximum absolute atomic E-state index is 11.0. The molecule has 0 radical (unpaired) electrons. The fourth-order valence-electron chi connectivity index (χ4n) is 3.82. The molecule has 7 nitrogen and oxygen atoms in total. The summed E-state index contributed by atoms with van der Waals surface area (Å²) >= 11 is 0. The number of nitrogens with zero attached hydrogens (tertiary/aromatic N) is 5. The Kier molecular flexibility index (Phi) is 4.66. The number of fused-ring (bicyclic) bond motifs is 1. The highest BCUT2D eigenvalue weighted by molar-refractivity contribution is 5.76. The van der Waals surface area contributed by atoms with Gasteiger partial charge < -0.3 is 9.30 Å². The van der Waals surface area contributed by atoms with E-state index in [-0.39, 0.29) is 0 Å². The molecule has 7 heteroatoms. The quantitative estimate of drug-likeness (QED) is 0.485. The van der Waals surface area contributed by atoms with Gasteiger partial charge in [0.05, 0.1) is 6.54 Å². The second-order valence-electron chi connectivity index (χ2n) is 7.20. The number of carbonyl (C=O) groups is 1. The first kappa shape index (κ1) is 18.3. The molecule has 0 atom stereocenters. The molecule has 0 unspecified atom stereocenters. The second-order valence-corrected chi connectivity index (χ2v) is 7.20. The van der Waals surface area contributed by atoms with Gasteiger partial charge in [0.1, 0.15) is 22.8 Å². The molecular weight excluding hydrogens is 354 g/mol. The van der Waals surface area contributed by atoms with Crippen molar-refractivity contribution in [3.05, 3.63) is 59.1 Å². The summed E-state index contributed by atoms with van der Waals surface area (Å²) in [5, 5.41) is 0. The minimum Gasteiger partial charge on any atom is -0.456 e. The zero-order valence-corrected chi connectivity index (χ0v) is 16.3. The van der Waals surface area contributed by atoms with Crippen LogP contribution in [0, 0.1) is 13.8 Å². The molecule has 0 aliphatic heterocycles. The first-order chi connectivity index (χ1) is 13.6. The van der Waals surface area contributed by atoms with Crippen molar-refractivity contribution < 1.29 is 9.53 Å². The van der Waals surface area contributed by atoms with Gasteiger partial charge in [0.15, 0.2) is 5.65 Å². The lowest BCUT2D eigenvalue weighted by Gasteiger charge is -2.26. The first-order valence-electron chi connectivity index (χ1n) is 9.47. The molecule has 0 N–H and O–H groups in total. The van der Waals surface area contributed by atoms with Gasteiger partial charge in [-0.1, -0.05) is 19.1 Å². The van der Waals surface area contributed by atoms with Crippen molar-refractivity contribution in [2.45, 2.75) is 52.2 Å². The van der Waals surface area contributed by atoms with Crippen LogP contribution in [0.1, 0.15) is 48.2 Å². The van der Waals surface area contributed by atoms with E-state index in [4.69, 9.17) is 14.7 Å². The summed E-state index contributed by atoms with van der Waals surface area (Å²) in [7, 11) is 0. The average Bonchev–Trinajstić information content (AvgIpc) is 3.29. The fraction of sp³-hybridized carbons (Fsp3) is 0.381.